The first kappa shape index (κ1) is 12.5. The minimum atomic E-state index is -0.111. The molecule has 0 aromatic carbocycles. The predicted octanol–water partition coefficient (Wildman–Crippen LogP) is 3.12. The van der Waals surface area contributed by atoms with E-state index in [-0.39, 0.29) is 5.91 Å². The number of nitrogens with one attached hydrogen (secondary N) is 1. The van der Waals surface area contributed by atoms with Crippen LogP contribution in [0.15, 0.2) is 16.7 Å². The van der Waals surface area contributed by atoms with Crippen LogP contribution >= 0.6 is 11.6 Å². The fourth-order valence-corrected chi connectivity index (χ4v) is 2.50. The number of carbonyl (C=O) groups is 1. The summed E-state index contributed by atoms with van der Waals surface area (Å²) in [6.45, 7) is 2.60. The van der Waals surface area contributed by atoms with Crippen LogP contribution in [-0.2, 0) is 0 Å². The van der Waals surface area contributed by atoms with Crippen molar-refractivity contribution in [3.8, 4) is 0 Å². The van der Waals surface area contributed by atoms with Crippen molar-refractivity contribution in [3.05, 3.63) is 23.7 Å². The Balaban J connectivity index is 1.79. The molecular formula is C13H18ClNO2. The Kier molecular flexibility index (Phi) is 4.11. The molecule has 1 fully saturated rings. The molecule has 1 aliphatic rings. The topological polar surface area (TPSA) is 42.2 Å². The summed E-state index contributed by atoms with van der Waals surface area (Å²) in [6, 6.07) is 1.80. The molecule has 0 radical (unpaired) electrons. The van der Waals surface area contributed by atoms with Crippen LogP contribution in [0.25, 0.3) is 0 Å². The Hall–Kier alpha value is -0.960. The second-order valence-corrected chi connectivity index (χ2v) is 5.38. The van der Waals surface area contributed by atoms with E-state index in [1.807, 2.05) is 6.92 Å². The van der Waals surface area contributed by atoms with Gasteiger partial charge in [-0.15, -0.1) is 11.6 Å². The smallest absolute Gasteiger partial charge is 0.287 e. The molecule has 17 heavy (non-hydrogen) atoms. The summed E-state index contributed by atoms with van der Waals surface area (Å²) in [5.74, 6) is 0.876. The number of rotatable bonds is 3. The van der Waals surface area contributed by atoms with E-state index in [2.05, 4.69) is 5.32 Å². The molecule has 3 nitrogen and oxygen atoms in total. The second kappa shape index (κ2) is 5.58. The summed E-state index contributed by atoms with van der Waals surface area (Å²) in [4.78, 5) is 11.8. The van der Waals surface area contributed by atoms with Crippen molar-refractivity contribution in [2.24, 2.45) is 5.92 Å². The summed E-state index contributed by atoms with van der Waals surface area (Å²) in [5.41, 5.74) is 0.881. The summed E-state index contributed by atoms with van der Waals surface area (Å²) in [7, 11) is 0. The minimum absolute atomic E-state index is 0.111. The van der Waals surface area contributed by atoms with E-state index < -0.39 is 0 Å². The second-order valence-electron chi connectivity index (χ2n) is 4.76. The lowest BCUT2D eigenvalue weighted by atomic mass is 9.89. The van der Waals surface area contributed by atoms with Gasteiger partial charge in [-0.2, -0.15) is 0 Å². The van der Waals surface area contributed by atoms with Gasteiger partial charge in [0.25, 0.3) is 5.91 Å². The highest BCUT2D eigenvalue weighted by Gasteiger charge is 2.20. The lowest BCUT2D eigenvalue weighted by Crippen LogP contribution is -2.31. The third kappa shape index (κ3) is 3.25. The van der Waals surface area contributed by atoms with Gasteiger partial charge >= 0.3 is 0 Å². The molecule has 4 heteroatoms. The van der Waals surface area contributed by atoms with E-state index in [1.165, 1.54) is 0 Å². The van der Waals surface area contributed by atoms with E-state index in [0.29, 0.717) is 17.1 Å². The molecule has 1 amide bonds. The number of aryl methyl sites for hydroxylation is 1. The molecule has 0 unspecified atom stereocenters. The van der Waals surface area contributed by atoms with Crippen LogP contribution < -0.4 is 5.32 Å². The first-order valence-corrected chi connectivity index (χ1v) is 6.57. The van der Waals surface area contributed by atoms with Gasteiger partial charge in [0, 0.05) is 17.5 Å². The monoisotopic (exact) mass is 255 g/mol. The molecule has 0 aliphatic heterocycles. The van der Waals surface area contributed by atoms with Crippen LogP contribution in [0.4, 0.5) is 0 Å². The number of carbonyl (C=O) groups excluding carboxylic acids is 1. The summed E-state index contributed by atoms with van der Waals surface area (Å²) in [6.07, 6.45) is 5.86. The zero-order chi connectivity index (χ0) is 12.3. The fourth-order valence-electron chi connectivity index (χ4n) is 2.25. The van der Waals surface area contributed by atoms with Crippen LogP contribution in [0, 0.1) is 12.8 Å². The summed E-state index contributed by atoms with van der Waals surface area (Å²) in [5, 5.41) is 3.26. The first-order chi connectivity index (χ1) is 8.16. The molecule has 0 spiro atoms. The molecule has 1 aliphatic carbocycles. The highest BCUT2D eigenvalue weighted by molar-refractivity contribution is 6.20. The Morgan fingerprint density at radius 2 is 2.18 bits per heavy atom. The first-order valence-electron chi connectivity index (χ1n) is 6.13. The van der Waals surface area contributed by atoms with Gasteiger partial charge in [-0.3, -0.25) is 4.79 Å². The minimum Gasteiger partial charge on any atom is -0.459 e. The maximum absolute atomic E-state index is 11.8. The Bertz CT molecular complexity index is 381. The maximum Gasteiger partial charge on any atom is 0.287 e. The third-order valence-corrected chi connectivity index (χ3v) is 3.83. The van der Waals surface area contributed by atoms with Gasteiger partial charge < -0.3 is 9.73 Å². The van der Waals surface area contributed by atoms with Crippen molar-refractivity contribution in [1.82, 2.24) is 5.32 Å². The molecule has 1 aromatic rings. The van der Waals surface area contributed by atoms with E-state index in [4.69, 9.17) is 16.0 Å². The lowest BCUT2D eigenvalue weighted by molar-refractivity contribution is 0.0915. The van der Waals surface area contributed by atoms with Crippen molar-refractivity contribution in [2.45, 2.75) is 38.0 Å². The van der Waals surface area contributed by atoms with Crippen LogP contribution in [0.1, 0.15) is 41.8 Å². The molecule has 0 saturated heterocycles. The predicted molar refractivity (Wildman–Crippen MR) is 67.4 cm³/mol. The average Bonchev–Trinajstić information content (AvgIpc) is 2.74. The highest BCUT2D eigenvalue weighted by Crippen LogP contribution is 2.27. The van der Waals surface area contributed by atoms with Crippen molar-refractivity contribution in [1.29, 1.82) is 0 Å². The zero-order valence-electron chi connectivity index (χ0n) is 10.0. The quantitative estimate of drug-likeness (QED) is 0.844. The van der Waals surface area contributed by atoms with E-state index in [9.17, 15) is 4.79 Å². The number of hydrogen-bond acceptors (Lipinski definition) is 2. The molecule has 94 valence electrons. The largest absolute Gasteiger partial charge is 0.459 e. The van der Waals surface area contributed by atoms with Crippen LogP contribution in [0.2, 0.25) is 0 Å². The molecule has 1 heterocycles. The van der Waals surface area contributed by atoms with Crippen LogP contribution in [-0.4, -0.2) is 17.8 Å². The Labute approximate surface area is 107 Å². The average molecular weight is 256 g/mol. The normalized spacial score (nSPS) is 24.6. The van der Waals surface area contributed by atoms with Crippen LogP contribution in [0.5, 0.6) is 0 Å². The standard InChI is InChI=1S/C13H18ClNO2/c1-9-6-7-17-12(9)13(16)15-8-10-2-4-11(14)5-3-10/h6-7,10-11H,2-5,8H2,1H3,(H,15,16). The van der Waals surface area contributed by atoms with Crippen molar-refractivity contribution >= 4 is 17.5 Å². The highest BCUT2D eigenvalue weighted by atomic mass is 35.5. The number of alkyl halides is 1. The Morgan fingerprint density at radius 3 is 2.76 bits per heavy atom. The van der Waals surface area contributed by atoms with E-state index in [0.717, 1.165) is 37.8 Å². The molecule has 1 aromatic heterocycles. The third-order valence-electron chi connectivity index (χ3n) is 3.40. The maximum atomic E-state index is 11.8. The van der Waals surface area contributed by atoms with Gasteiger partial charge in [0.1, 0.15) is 0 Å². The molecule has 0 bridgehead atoms. The molecule has 0 atom stereocenters. The number of furan rings is 1. The van der Waals surface area contributed by atoms with Gasteiger partial charge in [-0.25, -0.2) is 0 Å². The van der Waals surface area contributed by atoms with Crippen molar-refractivity contribution < 1.29 is 9.21 Å². The van der Waals surface area contributed by atoms with E-state index in [1.54, 1.807) is 12.3 Å². The van der Waals surface area contributed by atoms with Crippen molar-refractivity contribution in [3.63, 3.8) is 0 Å². The van der Waals surface area contributed by atoms with Gasteiger partial charge in [0.15, 0.2) is 5.76 Å². The van der Waals surface area contributed by atoms with E-state index >= 15 is 0 Å². The van der Waals surface area contributed by atoms with Gasteiger partial charge in [0.2, 0.25) is 0 Å². The summed E-state index contributed by atoms with van der Waals surface area (Å²) < 4.78 is 5.15. The van der Waals surface area contributed by atoms with Gasteiger partial charge in [0.05, 0.1) is 6.26 Å². The van der Waals surface area contributed by atoms with Crippen molar-refractivity contribution in [2.75, 3.05) is 6.54 Å². The fraction of sp³-hybridized carbons (Fsp3) is 0.615. The van der Waals surface area contributed by atoms with Gasteiger partial charge in [-0.05, 0) is 44.6 Å². The van der Waals surface area contributed by atoms with Gasteiger partial charge in [-0.1, -0.05) is 0 Å². The number of hydrogen-bond donors (Lipinski definition) is 1. The number of amides is 1. The lowest BCUT2D eigenvalue weighted by Gasteiger charge is -2.24. The Morgan fingerprint density at radius 1 is 1.47 bits per heavy atom. The molecule has 1 N–H and O–H groups in total. The molecular weight excluding hydrogens is 238 g/mol. The SMILES string of the molecule is Cc1ccoc1C(=O)NCC1CCC(Cl)CC1. The molecule has 2 rings (SSSR count). The zero-order valence-corrected chi connectivity index (χ0v) is 10.8. The van der Waals surface area contributed by atoms with Crippen LogP contribution in [0.3, 0.4) is 0 Å². The molecule has 1 saturated carbocycles. The summed E-state index contributed by atoms with van der Waals surface area (Å²) >= 11 is 6.04. The number of halogens is 1.